The lowest BCUT2D eigenvalue weighted by Gasteiger charge is -2.17. The van der Waals surface area contributed by atoms with Gasteiger partial charge in [0.2, 0.25) is 5.91 Å². The van der Waals surface area contributed by atoms with Gasteiger partial charge >= 0.3 is 12.2 Å². The van der Waals surface area contributed by atoms with Crippen molar-refractivity contribution in [3.8, 4) is 0 Å². The van der Waals surface area contributed by atoms with Crippen molar-refractivity contribution < 1.29 is 33.7 Å². The number of carbonyl (C=O) groups excluding carboxylic acids is 3. The first kappa shape index (κ1) is 20.9. The molecule has 23 heavy (non-hydrogen) atoms. The van der Waals surface area contributed by atoms with Crippen molar-refractivity contribution in [3.63, 3.8) is 0 Å². The molecule has 0 saturated heterocycles. The average Bonchev–Trinajstić information content (AvgIpc) is 2.57. The number of rotatable bonds is 11. The number of ether oxygens (including phenoxy) is 3. The lowest BCUT2D eigenvalue weighted by molar-refractivity contribution is -0.121. The zero-order valence-corrected chi connectivity index (χ0v) is 13.4. The van der Waals surface area contributed by atoms with Gasteiger partial charge in [0.25, 0.3) is 0 Å². The van der Waals surface area contributed by atoms with E-state index in [-0.39, 0.29) is 45.3 Å². The van der Waals surface area contributed by atoms with E-state index in [9.17, 15) is 14.4 Å². The molecule has 3 amide bonds. The van der Waals surface area contributed by atoms with E-state index in [1.54, 1.807) is 0 Å². The number of amides is 3. The van der Waals surface area contributed by atoms with Crippen LogP contribution in [0, 0.1) is 0 Å². The fourth-order valence-corrected chi connectivity index (χ4v) is 1.39. The van der Waals surface area contributed by atoms with E-state index in [0.29, 0.717) is 6.42 Å². The van der Waals surface area contributed by atoms with Crippen LogP contribution >= 0.6 is 0 Å². The second-order valence-electron chi connectivity index (χ2n) is 4.37. The van der Waals surface area contributed by atoms with Crippen LogP contribution in [0.4, 0.5) is 9.59 Å². The molecule has 0 aliphatic heterocycles. The van der Waals surface area contributed by atoms with Crippen LogP contribution in [-0.4, -0.2) is 76.4 Å². The van der Waals surface area contributed by atoms with Gasteiger partial charge in [0.1, 0.15) is 19.3 Å². The monoisotopic (exact) mass is 335 g/mol. The Kier molecular flexibility index (Phi) is 12.4. The van der Waals surface area contributed by atoms with E-state index in [1.807, 2.05) is 0 Å². The van der Waals surface area contributed by atoms with Crippen LogP contribution in [0.15, 0.2) is 0 Å². The summed E-state index contributed by atoms with van der Waals surface area (Å²) in [7, 11) is 2.84. The molecule has 0 unspecified atom stereocenters. The summed E-state index contributed by atoms with van der Waals surface area (Å²) in [5.74, 6) is -0.192. The van der Waals surface area contributed by atoms with Crippen LogP contribution in [0.25, 0.3) is 0 Å². The number of hydrogen-bond acceptors (Lipinski definition) is 7. The lowest BCUT2D eigenvalue weighted by Crippen LogP contribution is -2.33. The van der Waals surface area contributed by atoms with E-state index >= 15 is 0 Å². The normalized spacial score (nSPS) is 10.1. The molecule has 0 fully saturated rings. The Labute approximate surface area is 134 Å². The van der Waals surface area contributed by atoms with Crippen LogP contribution in [0.3, 0.4) is 0 Å². The second-order valence-corrected chi connectivity index (χ2v) is 4.37. The SMILES string of the molecule is CNC(=O)OCC(COC(=O)NC)OCCCC(=O)NCCO. The highest BCUT2D eigenvalue weighted by Gasteiger charge is 2.15. The second kappa shape index (κ2) is 13.6. The number of hydrogen-bond donors (Lipinski definition) is 4. The Morgan fingerprint density at radius 3 is 2.09 bits per heavy atom. The van der Waals surface area contributed by atoms with E-state index in [0.717, 1.165) is 0 Å². The van der Waals surface area contributed by atoms with Crippen molar-refractivity contribution in [3.05, 3.63) is 0 Å². The summed E-state index contributed by atoms with van der Waals surface area (Å²) >= 11 is 0. The quantitative estimate of drug-likeness (QED) is 0.355. The molecule has 0 rings (SSSR count). The van der Waals surface area contributed by atoms with Gasteiger partial charge in [-0.15, -0.1) is 0 Å². The highest BCUT2D eigenvalue weighted by atomic mass is 16.6. The summed E-state index contributed by atoms with van der Waals surface area (Å²) in [4.78, 5) is 33.4. The van der Waals surface area contributed by atoms with Crippen LogP contribution in [0.2, 0.25) is 0 Å². The summed E-state index contributed by atoms with van der Waals surface area (Å²) in [5.41, 5.74) is 0. The number of alkyl carbamates (subject to hydrolysis) is 2. The van der Waals surface area contributed by atoms with Crippen molar-refractivity contribution in [2.24, 2.45) is 0 Å². The maximum atomic E-state index is 11.3. The molecule has 10 nitrogen and oxygen atoms in total. The van der Waals surface area contributed by atoms with Crippen LogP contribution in [0.1, 0.15) is 12.8 Å². The van der Waals surface area contributed by atoms with Crippen molar-refractivity contribution in [2.75, 3.05) is 47.1 Å². The molecular formula is C13H25N3O7. The molecule has 0 heterocycles. The summed E-state index contributed by atoms with van der Waals surface area (Å²) in [6, 6.07) is 0. The highest BCUT2D eigenvalue weighted by Crippen LogP contribution is 2.00. The van der Waals surface area contributed by atoms with E-state index in [1.165, 1.54) is 14.1 Å². The molecule has 0 atom stereocenters. The molecule has 0 aliphatic rings. The molecule has 0 radical (unpaired) electrons. The summed E-state index contributed by atoms with van der Waals surface area (Å²) in [5, 5.41) is 15.7. The highest BCUT2D eigenvalue weighted by molar-refractivity contribution is 5.75. The molecule has 134 valence electrons. The first-order chi connectivity index (χ1) is 11.0. The molecule has 0 aromatic carbocycles. The Hall–Kier alpha value is -2.07. The largest absolute Gasteiger partial charge is 0.447 e. The fourth-order valence-electron chi connectivity index (χ4n) is 1.39. The first-order valence-electron chi connectivity index (χ1n) is 7.21. The number of aliphatic hydroxyl groups is 1. The molecule has 0 spiro atoms. The Morgan fingerprint density at radius 1 is 1.04 bits per heavy atom. The van der Waals surface area contributed by atoms with Gasteiger partial charge in [-0.1, -0.05) is 0 Å². The maximum absolute atomic E-state index is 11.3. The third-order valence-electron chi connectivity index (χ3n) is 2.54. The zero-order chi connectivity index (χ0) is 17.5. The minimum Gasteiger partial charge on any atom is -0.447 e. The van der Waals surface area contributed by atoms with E-state index < -0.39 is 18.3 Å². The predicted molar refractivity (Wildman–Crippen MR) is 79.9 cm³/mol. The van der Waals surface area contributed by atoms with Crippen LogP contribution < -0.4 is 16.0 Å². The Bertz CT molecular complexity index is 345. The van der Waals surface area contributed by atoms with Gasteiger partial charge in [-0.3, -0.25) is 4.79 Å². The van der Waals surface area contributed by atoms with E-state index in [2.05, 4.69) is 16.0 Å². The summed E-state index contributed by atoms with van der Waals surface area (Å²) in [6.07, 6.45) is -1.21. The van der Waals surface area contributed by atoms with Crippen molar-refractivity contribution in [1.82, 2.24) is 16.0 Å². The van der Waals surface area contributed by atoms with Gasteiger partial charge < -0.3 is 35.3 Å². The van der Waals surface area contributed by atoms with Crippen molar-refractivity contribution >= 4 is 18.1 Å². The topological polar surface area (TPSA) is 135 Å². The van der Waals surface area contributed by atoms with Crippen molar-refractivity contribution in [2.45, 2.75) is 18.9 Å². The average molecular weight is 335 g/mol. The van der Waals surface area contributed by atoms with Crippen LogP contribution in [-0.2, 0) is 19.0 Å². The molecular weight excluding hydrogens is 310 g/mol. The first-order valence-corrected chi connectivity index (χ1v) is 7.21. The molecule has 0 aromatic heterocycles. The number of aliphatic hydroxyl groups excluding tert-OH is 1. The molecule has 0 saturated carbocycles. The van der Waals surface area contributed by atoms with Crippen LogP contribution in [0.5, 0.6) is 0 Å². The third-order valence-corrected chi connectivity index (χ3v) is 2.54. The maximum Gasteiger partial charge on any atom is 0.406 e. The van der Waals surface area contributed by atoms with Gasteiger partial charge in [0.05, 0.1) is 6.61 Å². The van der Waals surface area contributed by atoms with Gasteiger partial charge in [0.15, 0.2) is 0 Å². The van der Waals surface area contributed by atoms with Gasteiger partial charge in [-0.05, 0) is 6.42 Å². The fraction of sp³-hybridized carbons (Fsp3) is 0.769. The summed E-state index contributed by atoms with van der Waals surface area (Å²) in [6.45, 7) is 0.145. The molecule has 0 aliphatic carbocycles. The van der Waals surface area contributed by atoms with Crippen molar-refractivity contribution in [1.29, 1.82) is 0 Å². The predicted octanol–water partition coefficient (Wildman–Crippen LogP) is -1.03. The minimum absolute atomic E-state index is 0.0899. The number of carbonyl (C=O) groups is 3. The third kappa shape index (κ3) is 12.2. The lowest BCUT2D eigenvalue weighted by atomic mass is 10.3. The summed E-state index contributed by atoms with van der Waals surface area (Å²) < 4.78 is 15.2. The van der Waals surface area contributed by atoms with Gasteiger partial charge in [0, 0.05) is 33.7 Å². The molecule has 4 N–H and O–H groups in total. The molecule has 0 aromatic rings. The van der Waals surface area contributed by atoms with Gasteiger partial charge in [-0.25, -0.2) is 9.59 Å². The standard InChI is InChI=1S/C13H25N3O7/c1-14-12(19)22-8-10(9-23-13(20)15-2)21-7-3-4-11(18)16-5-6-17/h10,17H,3-9H2,1-2H3,(H,14,19)(H,15,20)(H,16,18). The molecule has 0 bridgehead atoms. The van der Waals surface area contributed by atoms with Gasteiger partial charge in [-0.2, -0.15) is 0 Å². The zero-order valence-electron chi connectivity index (χ0n) is 13.4. The minimum atomic E-state index is -0.634. The molecule has 10 heteroatoms. The smallest absolute Gasteiger partial charge is 0.406 e. The Morgan fingerprint density at radius 2 is 1.61 bits per heavy atom. The van der Waals surface area contributed by atoms with E-state index in [4.69, 9.17) is 19.3 Å². The Balaban J connectivity index is 4.05. The number of nitrogens with one attached hydrogen (secondary N) is 3.